The van der Waals surface area contributed by atoms with Crippen molar-refractivity contribution in [3.8, 4) is 0 Å². The van der Waals surface area contributed by atoms with Crippen LogP contribution in [0.3, 0.4) is 0 Å². The van der Waals surface area contributed by atoms with E-state index >= 15 is 0 Å². The highest BCUT2D eigenvalue weighted by Crippen LogP contribution is 2.44. The molecule has 0 saturated heterocycles. The van der Waals surface area contributed by atoms with E-state index in [1.165, 1.54) is 26.2 Å². The van der Waals surface area contributed by atoms with E-state index in [4.69, 9.17) is 9.15 Å². The van der Waals surface area contributed by atoms with Crippen molar-refractivity contribution < 1.29 is 22.4 Å². The Kier molecular flexibility index (Phi) is 4.71. The number of rotatable bonds is 6. The minimum absolute atomic E-state index is 0.0869. The third-order valence-corrected chi connectivity index (χ3v) is 6.33. The van der Waals surface area contributed by atoms with Gasteiger partial charge in [0.2, 0.25) is 5.09 Å². The van der Waals surface area contributed by atoms with E-state index in [1.807, 2.05) is 30.3 Å². The van der Waals surface area contributed by atoms with Gasteiger partial charge in [0, 0.05) is 14.1 Å². The molecule has 25 heavy (non-hydrogen) atoms. The molecular weight excluding hydrogens is 342 g/mol. The zero-order valence-corrected chi connectivity index (χ0v) is 15.1. The van der Waals surface area contributed by atoms with Crippen molar-refractivity contribution in [3.05, 3.63) is 53.8 Å². The lowest BCUT2D eigenvalue weighted by molar-refractivity contribution is -0.156. The van der Waals surface area contributed by atoms with E-state index in [2.05, 4.69) is 0 Å². The van der Waals surface area contributed by atoms with Crippen LogP contribution in [0.1, 0.15) is 30.6 Å². The van der Waals surface area contributed by atoms with Crippen molar-refractivity contribution in [1.82, 2.24) is 4.31 Å². The predicted octanol–water partition coefficient (Wildman–Crippen LogP) is 2.70. The van der Waals surface area contributed by atoms with Gasteiger partial charge in [0.1, 0.15) is 12.4 Å². The second-order valence-electron chi connectivity index (χ2n) is 6.39. The molecule has 1 aliphatic carbocycles. The van der Waals surface area contributed by atoms with Crippen LogP contribution in [0.5, 0.6) is 0 Å². The van der Waals surface area contributed by atoms with Gasteiger partial charge in [0.05, 0.1) is 5.41 Å². The van der Waals surface area contributed by atoms with Gasteiger partial charge in [-0.1, -0.05) is 36.8 Å². The van der Waals surface area contributed by atoms with E-state index in [9.17, 15) is 13.2 Å². The van der Waals surface area contributed by atoms with Crippen LogP contribution in [0.25, 0.3) is 0 Å². The van der Waals surface area contributed by atoms with Crippen LogP contribution in [0.2, 0.25) is 0 Å². The number of carbonyl (C=O) groups is 1. The summed E-state index contributed by atoms with van der Waals surface area (Å²) in [6.07, 6.45) is 2.50. The number of hydrogen-bond donors (Lipinski definition) is 0. The molecule has 3 rings (SSSR count). The molecule has 7 heteroatoms. The largest absolute Gasteiger partial charge is 0.457 e. The molecule has 0 atom stereocenters. The van der Waals surface area contributed by atoms with Gasteiger partial charge < -0.3 is 9.15 Å². The molecule has 6 nitrogen and oxygen atoms in total. The van der Waals surface area contributed by atoms with Crippen LogP contribution in [0, 0.1) is 0 Å². The maximum absolute atomic E-state index is 12.6. The smallest absolute Gasteiger partial charge is 0.317 e. The lowest BCUT2D eigenvalue weighted by Crippen LogP contribution is -2.43. The zero-order chi connectivity index (χ0) is 18.1. The Labute approximate surface area is 147 Å². The maximum Gasteiger partial charge on any atom is 0.317 e. The summed E-state index contributed by atoms with van der Waals surface area (Å²) in [5.41, 5.74) is 0.369. The average molecular weight is 363 g/mol. The average Bonchev–Trinajstić information content (AvgIpc) is 3.02. The molecule has 0 aliphatic heterocycles. The van der Waals surface area contributed by atoms with E-state index in [0.29, 0.717) is 5.76 Å². The topological polar surface area (TPSA) is 76.8 Å². The van der Waals surface area contributed by atoms with Crippen molar-refractivity contribution in [2.75, 3.05) is 14.1 Å². The van der Waals surface area contributed by atoms with Gasteiger partial charge in [-0.2, -0.15) is 0 Å². The highest BCUT2D eigenvalue weighted by atomic mass is 32.2. The van der Waals surface area contributed by atoms with Crippen molar-refractivity contribution >= 4 is 16.0 Å². The minimum atomic E-state index is -3.63. The lowest BCUT2D eigenvalue weighted by Gasteiger charge is -2.39. The van der Waals surface area contributed by atoms with Crippen LogP contribution >= 0.6 is 0 Å². The highest BCUT2D eigenvalue weighted by molar-refractivity contribution is 7.88. The molecule has 1 heterocycles. The van der Waals surface area contributed by atoms with Crippen LogP contribution in [-0.2, 0) is 31.6 Å². The molecule has 0 unspecified atom stereocenters. The fraction of sp³-hybridized carbons (Fsp3) is 0.389. The lowest BCUT2D eigenvalue weighted by atomic mass is 9.64. The van der Waals surface area contributed by atoms with E-state index in [-0.39, 0.29) is 17.7 Å². The fourth-order valence-corrected chi connectivity index (χ4v) is 3.74. The number of furan rings is 1. The first-order valence-electron chi connectivity index (χ1n) is 8.10. The molecule has 0 amide bonds. The fourth-order valence-electron chi connectivity index (χ4n) is 2.93. The third-order valence-electron chi connectivity index (χ3n) is 4.64. The zero-order valence-electron chi connectivity index (χ0n) is 14.3. The normalized spacial score (nSPS) is 16.4. The molecule has 0 spiro atoms. The Balaban J connectivity index is 1.70. The van der Waals surface area contributed by atoms with Crippen LogP contribution < -0.4 is 0 Å². The number of carbonyl (C=O) groups excluding carboxylic acids is 1. The molecule has 1 aliphatic rings. The summed E-state index contributed by atoms with van der Waals surface area (Å²) < 4.78 is 35.8. The summed E-state index contributed by atoms with van der Waals surface area (Å²) in [6.45, 7) is -0.0869. The van der Waals surface area contributed by atoms with Gasteiger partial charge in [-0.05, 0) is 30.5 Å². The van der Waals surface area contributed by atoms with Gasteiger partial charge in [-0.15, -0.1) is 0 Å². The number of ether oxygens (including phenoxy) is 1. The highest BCUT2D eigenvalue weighted by Gasteiger charge is 2.47. The molecule has 0 radical (unpaired) electrons. The maximum atomic E-state index is 12.6. The van der Waals surface area contributed by atoms with Crippen LogP contribution in [-0.4, -0.2) is 32.8 Å². The van der Waals surface area contributed by atoms with Crippen molar-refractivity contribution in [2.45, 2.75) is 36.4 Å². The van der Waals surface area contributed by atoms with Crippen molar-refractivity contribution in [3.63, 3.8) is 0 Å². The molecule has 1 aromatic heterocycles. The number of esters is 1. The monoisotopic (exact) mass is 363 g/mol. The van der Waals surface area contributed by atoms with Gasteiger partial charge in [-0.25, -0.2) is 12.7 Å². The van der Waals surface area contributed by atoms with E-state index < -0.39 is 15.4 Å². The number of sulfonamides is 1. The molecule has 134 valence electrons. The second kappa shape index (κ2) is 6.65. The molecule has 0 N–H and O–H groups in total. The SMILES string of the molecule is CN(C)S(=O)(=O)c1ccc(COC(=O)C2(c3ccccc3)CCC2)o1. The van der Waals surface area contributed by atoms with Crippen molar-refractivity contribution in [2.24, 2.45) is 0 Å². The Morgan fingerprint density at radius 1 is 1.16 bits per heavy atom. The first-order valence-corrected chi connectivity index (χ1v) is 9.54. The van der Waals surface area contributed by atoms with E-state index in [0.717, 1.165) is 29.1 Å². The Bertz CT molecular complexity index is 851. The van der Waals surface area contributed by atoms with Crippen LogP contribution in [0.15, 0.2) is 52.0 Å². The Hall–Kier alpha value is -2.12. The summed E-state index contributed by atoms with van der Waals surface area (Å²) in [7, 11) is -0.777. The molecule has 2 aromatic rings. The summed E-state index contributed by atoms with van der Waals surface area (Å²) in [4.78, 5) is 12.6. The van der Waals surface area contributed by atoms with Crippen LogP contribution in [0.4, 0.5) is 0 Å². The van der Waals surface area contributed by atoms with Gasteiger partial charge >= 0.3 is 5.97 Å². The standard InChI is InChI=1S/C18H21NO5S/c1-19(2)25(21,22)16-10-9-15(24-16)13-23-17(20)18(11-6-12-18)14-7-4-3-5-8-14/h3-5,7-10H,6,11-13H2,1-2H3. The summed E-state index contributed by atoms with van der Waals surface area (Å²) in [6, 6.07) is 12.5. The van der Waals surface area contributed by atoms with Gasteiger partial charge in [-0.3, -0.25) is 4.79 Å². The number of benzene rings is 1. The number of hydrogen-bond acceptors (Lipinski definition) is 5. The summed E-state index contributed by atoms with van der Waals surface area (Å²) >= 11 is 0. The third kappa shape index (κ3) is 3.21. The molecular formula is C18H21NO5S. The van der Waals surface area contributed by atoms with Crippen molar-refractivity contribution in [1.29, 1.82) is 0 Å². The first-order chi connectivity index (χ1) is 11.9. The van der Waals surface area contributed by atoms with Gasteiger partial charge in [0.15, 0.2) is 0 Å². The predicted molar refractivity (Wildman–Crippen MR) is 91.3 cm³/mol. The quantitative estimate of drug-likeness (QED) is 0.738. The van der Waals surface area contributed by atoms with Gasteiger partial charge in [0.25, 0.3) is 10.0 Å². The molecule has 1 saturated carbocycles. The molecule has 1 aromatic carbocycles. The Morgan fingerprint density at radius 2 is 1.84 bits per heavy atom. The molecule has 0 bridgehead atoms. The summed E-state index contributed by atoms with van der Waals surface area (Å²) in [5, 5.41) is -0.162. The first kappa shape index (κ1) is 17.7. The minimum Gasteiger partial charge on any atom is -0.457 e. The molecule has 1 fully saturated rings. The number of nitrogens with zero attached hydrogens (tertiary/aromatic N) is 1. The Morgan fingerprint density at radius 3 is 2.40 bits per heavy atom. The second-order valence-corrected chi connectivity index (χ2v) is 8.47. The summed E-state index contributed by atoms with van der Waals surface area (Å²) in [5.74, 6) is 0.00896. The van der Waals surface area contributed by atoms with E-state index in [1.54, 1.807) is 0 Å².